The van der Waals surface area contributed by atoms with E-state index in [1.165, 1.54) is 0 Å². The molecule has 4 aromatic heterocycles. The first-order chi connectivity index (χ1) is 12.2. The summed E-state index contributed by atoms with van der Waals surface area (Å²) in [5.74, 6) is 0.494. The van der Waals surface area contributed by atoms with Gasteiger partial charge in [0.15, 0.2) is 0 Å². The van der Waals surface area contributed by atoms with E-state index in [0.717, 1.165) is 39.4 Å². The Morgan fingerprint density at radius 3 is 2.72 bits per heavy atom. The van der Waals surface area contributed by atoms with Crippen molar-refractivity contribution in [1.82, 2.24) is 19.4 Å². The number of imidazole rings is 1. The van der Waals surface area contributed by atoms with E-state index in [0.29, 0.717) is 5.82 Å². The topological polar surface area (TPSA) is 47.4 Å². The van der Waals surface area contributed by atoms with Crippen LogP contribution in [0.4, 0.5) is 5.82 Å². The van der Waals surface area contributed by atoms with Crippen LogP contribution in [0, 0.1) is 20.4 Å². The maximum absolute atomic E-state index is 7.30. The molecule has 25 heavy (non-hydrogen) atoms. The van der Waals surface area contributed by atoms with Gasteiger partial charge in [-0.25, -0.2) is 9.38 Å². The largest absolute Gasteiger partial charge is 0.362 e. The highest BCUT2D eigenvalue weighted by Gasteiger charge is 2.15. The Morgan fingerprint density at radius 2 is 1.92 bits per heavy atom. The number of hydrogen-bond donors (Lipinski definition) is 0. The van der Waals surface area contributed by atoms with Gasteiger partial charge >= 0.3 is 0 Å². The molecule has 0 aliphatic carbocycles. The molecule has 0 fully saturated rings. The zero-order valence-electron chi connectivity index (χ0n) is 13.9. The van der Waals surface area contributed by atoms with Crippen molar-refractivity contribution in [1.29, 1.82) is 0 Å². The van der Waals surface area contributed by atoms with E-state index in [1.54, 1.807) is 12.4 Å². The van der Waals surface area contributed by atoms with Crippen LogP contribution in [0.25, 0.3) is 33.0 Å². The van der Waals surface area contributed by atoms with E-state index < -0.39 is 0 Å². The number of nitrogens with zero attached hydrogens (tertiary/aromatic N) is 5. The van der Waals surface area contributed by atoms with Crippen molar-refractivity contribution in [2.24, 2.45) is 0 Å². The number of aromatic nitrogens is 4. The standard InChI is InChI=1S/C20H15N5/c1-13-9-10-22-20(16-6-4-5-14(2)24-16)19(13)15-7-8-17-23-11-18(21-3)25(17)12-15/h4-12H,1-2H3. The molecule has 0 N–H and O–H groups in total. The van der Waals surface area contributed by atoms with Gasteiger partial charge < -0.3 is 4.85 Å². The van der Waals surface area contributed by atoms with Crippen LogP contribution in [-0.2, 0) is 0 Å². The molecule has 0 aliphatic heterocycles. The monoisotopic (exact) mass is 325 g/mol. The van der Waals surface area contributed by atoms with E-state index in [4.69, 9.17) is 6.57 Å². The lowest BCUT2D eigenvalue weighted by Gasteiger charge is -2.11. The molecule has 5 nitrogen and oxygen atoms in total. The Bertz CT molecular complexity index is 1130. The Morgan fingerprint density at radius 1 is 1.04 bits per heavy atom. The van der Waals surface area contributed by atoms with Gasteiger partial charge in [0.2, 0.25) is 5.65 Å². The summed E-state index contributed by atoms with van der Waals surface area (Å²) >= 11 is 0. The minimum atomic E-state index is 0.494. The lowest BCUT2D eigenvalue weighted by Crippen LogP contribution is -1.96. The van der Waals surface area contributed by atoms with Gasteiger partial charge in [0.05, 0.1) is 23.8 Å². The normalized spacial score (nSPS) is 10.8. The Balaban J connectivity index is 1.98. The molecule has 0 atom stereocenters. The van der Waals surface area contributed by atoms with Crippen LogP contribution in [0.2, 0.25) is 0 Å². The van der Waals surface area contributed by atoms with Crippen molar-refractivity contribution in [3.8, 4) is 22.5 Å². The summed E-state index contributed by atoms with van der Waals surface area (Å²) in [4.78, 5) is 17.0. The number of rotatable bonds is 2. The first kappa shape index (κ1) is 15.0. The lowest BCUT2D eigenvalue weighted by atomic mass is 9.98. The molecular weight excluding hydrogens is 310 g/mol. The highest BCUT2D eigenvalue weighted by atomic mass is 15.1. The van der Waals surface area contributed by atoms with Crippen LogP contribution >= 0.6 is 0 Å². The highest BCUT2D eigenvalue weighted by molar-refractivity contribution is 5.82. The van der Waals surface area contributed by atoms with Crippen LogP contribution in [0.1, 0.15) is 11.3 Å². The second kappa shape index (κ2) is 5.84. The molecule has 5 heteroatoms. The minimum Gasteiger partial charge on any atom is -0.362 e. The van der Waals surface area contributed by atoms with Gasteiger partial charge in [-0.3, -0.25) is 9.97 Å². The van der Waals surface area contributed by atoms with Crippen molar-refractivity contribution >= 4 is 11.5 Å². The Hall–Kier alpha value is -3.52. The average Bonchev–Trinajstić information content (AvgIpc) is 3.03. The van der Waals surface area contributed by atoms with Gasteiger partial charge in [-0.05, 0) is 43.7 Å². The summed E-state index contributed by atoms with van der Waals surface area (Å²) in [6.07, 6.45) is 5.34. The van der Waals surface area contributed by atoms with Crippen molar-refractivity contribution in [3.05, 3.63) is 77.7 Å². The second-order valence-corrected chi connectivity index (χ2v) is 5.89. The third kappa shape index (κ3) is 2.54. The predicted octanol–water partition coefficient (Wildman–Crippen LogP) is 4.63. The summed E-state index contributed by atoms with van der Waals surface area (Å²) in [6, 6.07) is 11.9. The van der Waals surface area contributed by atoms with Gasteiger partial charge in [-0.15, -0.1) is 0 Å². The van der Waals surface area contributed by atoms with Crippen LogP contribution in [0.15, 0.2) is 55.0 Å². The SMILES string of the molecule is [C-]#[N+]c1cnc2ccc(-c3c(C)ccnc3-c3cccc(C)n3)cn12. The maximum Gasteiger partial charge on any atom is 0.254 e. The molecule has 0 aliphatic rings. The molecule has 0 saturated carbocycles. The van der Waals surface area contributed by atoms with Gasteiger partial charge in [-0.1, -0.05) is 12.6 Å². The Labute approximate surface area is 145 Å². The number of pyridine rings is 3. The summed E-state index contributed by atoms with van der Waals surface area (Å²) in [5, 5.41) is 0. The fourth-order valence-corrected chi connectivity index (χ4v) is 2.99. The fraction of sp³-hybridized carbons (Fsp3) is 0.100. The summed E-state index contributed by atoms with van der Waals surface area (Å²) < 4.78 is 1.81. The number of hydrogen-bond acceptors (Lipinski definition) is 3. The van der Waals surface area contributed by atoms with Crippen molar-refractivity contribution < 1.29 is 0 Å². The van der Waals surface area contributed by atoms with Gasteiger partial charge in [0.25, 0.3) is 5.82 Å². The van der Waals surface area contributed by atoms with Gasteiger partial charge in [0, 0.05) is 29.1 Å². The molecule has 0 spiro atoms. The first-order valence-electron chi connectivity index (χ1n) is 7.92. The molecule has 4 heterocycles. The predicted molar refractivity (Wildman–Crippen MR) is 97.4 cm³/mol. The molecule has 120 valence electrons. The Kier molecular flexibility index (Phi) is 3.51. The van der Waals surface area contributed by atoms with Crippen molar-refractivity contribution in [3.63, 3.8) is 0 Å². The smallest absolute Gasteiger partial charge is 0.254 e. The van der Waals surface area contributed by atoms with E-state index in [-0.39, 0.29) is 0 Å². The summed E-state index contributed by atoms with van der Waals surface area (Å²) in [7, 11) is 0. The van der Waals surface area contributed by atoms with Crippen molar-refractivity contribution in [2.75, 3.05) is 0 Å². The molecule has 0 unspecified atom stereocenters. The number of fused-ring (bicyclic) bond motifs is 1. The maximum atomic E-state index is 7.30. The molecule has 0 bridgehead atoms. The van der Waals surface area contributed by atoms with E-state index in [2.05, 4.69) is 26.7 Å². The fourth-order valence-electron chi connectivity index (χ4n) is 2.99. The molecule has 0 aromatic carbocycles. The molecule has 4 aromatic rings. The molecule has 0 saturated heterocycles. The van der Waals surface area contributed by atoms with Crippen LogP contribution in [0.5, 0.6) is 0 Å². The van der Waals surface area contributed by atoms with E-state index in [9.17, 15) is 0 Å². The third-order valence-electron chi connectivity index (χ3n) is 4.18. The average molecular weight is 325 g/mol. The first-order valence-corrected chi connectivity index (χ1v) is 7.92. The quantitative estimate of drug-likeness (QED) is 0.505. The number of aryl methyl sites for hydroxylation is 2. The van der Waals surface area contributed by atoms with Crippen LogP contribution < -0.4 is 0 Å². The van der Waals surface area contributed by atoms with Crippen LogP contribution in [0.3, 0.4) is 0 Å². The lowest BCUT2D eigenvalue weighted by molar-refractivity contribution is 1.16. The zero-order chi connectivity index (χ0) is 17.4. The molecule has 0 radical (unpaired) electrons. The highest BCUT2D eigenvalue weighted by Crippen LogP contribution is 2.33. The second-order valence-electron chi connectivity index (χ2n) is 5.89. The minimum absolute atomic E-state index is 0.494. The third-order valence-corrected chi connectivity index (χ3v) is 4.18. The van der Waals surface area contributed by atoms with E-state index in [1.807, 2.05) is 53.9 Å². The summed E-state index contributed by atoms with van der Waals surface area (Å²) in [5.41, 5.74) is 6.50. The van der Waals surface area contributed by atoms with E-state index >= 15 is 0 Å². The van der Waals surface area contributed by atoms with Crippen molar-refractivity contribution in [2.45, 2.75) is 13.8 Å². The van der Waals surface area contributed by atoms with Gasteiger partial charge in [-0.2, -0.15) is 0 Å². The van der Waals surface area contributed by atoms with Gasteiger partial charge in [0.1, 0.15) is 0 Å². The zero-order valence-corrected chi connectivity index (χ0v) is 13.9. The van der Waals surface area contributed by atoms with Crippen LogP contribution in [-0.4, -0.2) is 19.4 Å². The molecule has 4 rings (SSSR count). The molecular formula is C20H15N5. The molecule has 0 amide bonds. The summed E-state index contributed by atoms with van der Waals surface area (Å²) in [6.45, 7) is 11.3.